The molecule has 0 aliphatic heterocycles. The van der Waals surface area contributed by atoms with Crippen LogP contribution in [0.5, 0.6) is 0 Å². The van der Waals surface area contributed by atoms with Crippen molar-refractivity contribution in [2.24, 2.45) is 16.8 Å². The predicted octanol–water partition coefficient (Wildman–Crippen LogP) is 2.12. The summed E-state index contributed by atoms with van der Waals surface area (Å²) in [5.74, 6) is 0.00895. The van der Waals surface area contributed by atoms with Gasteiger partial charge in [0.2, 0.25) is 5.91 Å². The molecule has 0 aromatic heterocycles. The summed E-state index contributed by atoms with van der Waals surface area (Å²) in [6, 6.07) is -0.603. The van der Waals surface area contributed by atoms with E-state index in [1.807, 2.05) is 0 Å². The monoisotopic (exact) mass is 196 g/mol. The van der Waals surface area contributed by atoms with E-state index >= 15 is 0 Å². The summed E-state index contributed by atoms with van der Waals surface area (Å²) in [6.07, 6.45) is 6.71. The lowest BCUT2D eigenvalue weighted by Gasteiger charge is -2.23. The maximum Gasteiger partial charge on any atom is 0.235 e. The molecule has 5 heteroatoms. The van der Waals surface area contributed by atoms with E-state index in [-0.39, 0.29) is 0 Å². The molecular formula is C9H16N4O. The molecule has 2 N–H and O–H groups in total. The highest BCUT2D eigenvalue weighted by Crippen LogP contribution is 2.27. The van der Waals surface area contributed by atoms with E-state index in [2.05, 4.69) is 10.0 Å². The lowest BCUT2D eigenvalue weighted by Crippen LogP contribution is -2.31. The zero-order valence-corrected chi connectivity index (χ0v) is 8.22. The lowest BCUT2D eigenvalue weighted by molar-refractivity contribution is -0.119. The Morgan fingerprint density at radius 3 is 2.71 bits per heavy atom. The maximum atomic E-state index is 11.1. The zero-order valence-electron chi connectivity index (χ0n) is 8.22. The third-order valence-electron chi connectivity index (χ3n) is 2.77. The van der Waals surface area contributed by atoms with E-state index in [4.69, 9.17) is 11.3 Å². The topological polar surface area (TPSA) is 91.9 Å². The summed E-state index contributed by atoms with van der Waals surface area (Å²) < 4.78 is 0. The molecule has 0 spiro atoms. The number of hydrogen-bond acceptors (Lipinski definition) is 2. The Hall–Kier alpha value is -1.06. The first-order chi connectivity index (χ1) is 6.74. The molecule has 14 heavy (non-hydrogen) atoms. The highest BCUT2D eigenvalue weighted by molar-refractivity contribution is 5.82. The highest BCUT2D eigenvalue weighted by atomic mass is 16.2. The van der Waals surface area contributed by atoms with Crippen LogP contribution in [0, 0.1) is 5.92 Å². The van der Waals surface area contributed by atoms with Gasteiger partial charge in [-0.15, -0.1) is 0 Å². The van der Waals surface area contributed by atoms with Crippen molar-refractivity contribution in [3.63, 3.8) is 0 Å². The molecule has 1 saturated carbocycles. The van der Waals surface area contributed by atoms with Crippen molar-refractivity contribution < 1.29 is 4.79 Å². The van der Waals surface area contributed by atoms with Gasteiger partial charge in [0.25, 0.3) is 0 Å². The van der Waals surface area contributed by atoms with E-state index in [1.165, 1.54) is 19.3 Å². The number of azide groups is 1. The Morgan fingerprint density at radius 1 is 1.50 bits per heavy atom. The van der Waals surface area contributed by atoms with Crippen molar-refractivity contribution in [2.75, 3.05) is 0 Å². The van der Waals surface area contributed by atoms with E-state index in [1.54, 1.807) is 0 Å². The summed E-state index contributed by atoms with van der Waals surface area (Å²) in [6.45, 7) is 0. The van der Waals surface area contributed by atoms with Gasteiger partial charge >= 0.3 is 0 Å². The van der Waals surface area contributed by atoms with Crippen LogP contribution in [-0.2, 0) is 4.79 Å². The van der Waals surface area contributed by atoms with Crippen LogP contribution in [0.1, 0.15) is 38.5 Å². The minimum atomic E-state index is -0.603. The minimum Gasteiger partial charge on any atom is -0.321 e. The Kier molecular flexibility index (Phi) is 4.43. The van der Waals surface area contributed by atoms with Gasteiger partial charge in [0.05, 0.1) is 6.04 Å². The fourth-order valence-corrected chi connectivity index (χ4v) is 2.00. The first kappa shape index (κ1) is 11.0. The number of amides is 1. The fourth-order valence-electron chi connectivity index (χ4n) is 2.00. The summed E-state index contributed by atoms with van der Waals surface area (Å²) in [5, 5.41) is 3.01. The van der Waals surface area contributed by atoms with Gasteiger partial charge in [-0.1, -0.05) is 32.1 Å². The van der Waals surface area contributed by atoms with Crippen LogP contribution in [0.25, 0.3) is 10.4 Å². The molecule has 0 radical (unpaired) electrons. The second-order valence-corrected chi connectivity index (χ2v) is 3.87. The fraction of sp³-hybridized carbons (Fsp3) is 0.889. The molecule has 0 saturated heterocycles. The summed E-state index contributed by atoms with van der Waals surface area (Å²) in [4.78, 5) is 13.5. The van der Waals surface area contributed by atoms with Crippen LogP contribution in [0.4, 0.5) is 0 Å². The molecule has 1 amide bonds. The van der Waals surface area contributed by atoms with E-state index in [0.29, 0.717) is 12.3 Å². The van der Waals surface area contributed by atoms with Gasteiger partial charge < -0.3 is 5.73 Å². The average Bonchev–Trinajstić information content (AvgIpc) is 2.19. The van der Waals surface area contributed by atoms with Crippen molar-refractivity contribution >= 4 is 5.91 Å². The molecule has 0 bridgehead atoms. The van der Waals surface area contributed by atoms with Gasteiger partial charge in [-0.25, -0.2) is 0 Å². The molecule has 1 aliphatic carbocycles. The molecule has 78 valence electrons. The Balaban J connectivity index is 2.34. The third-order valence-corrected chi connectivity index (χ3v) is 2.77. The molecule has 5 nitrogen and oxygen atoms in total. The van der Waals surface area contributed by atoms with Gasteiger partial charge in [0.15, 0.2) is 0 Å². The zero-order chi connectivity index (χ0) is 10.4. The van der Waals surface area contributed by atoms with Gasteiger partial charge in [-0.05, 0) is 23.0 Å². The number of hydrogen-bond donors (Lipinski definition) is 1. The largest absolute Gasteiger partial charge is 0.321 e. The summed E-state index contributed by atoms with van der Waals surface area (Å²) >= 11 is 0. The molecule has 0 aromatic rings. The van der Waals surface area contributed by atoms with Crippen molar-refractivity contribution in [3.05, 3.63) is 10.4 Å². The quantitative estimate of drug-likeness (QED) is 0.425. The minimum absolute atomic E-state index is 0.530. The second-order valence-electron chi connectivity index (χ2n) is 3.87. The Morgan fingerprint density at radius 2 is 2.14 bits per heavy atom. The second kappa shape index (κ2) is 5.62. The number of carbonyl (C=O) groups excluding carboxylic acids is 1. The van der Waals surface area contributed by atoms with Crippen LogP contribution in [0.2, 0.25) is 0 Å². The van der Waals surface area contributed by atoms with Gasteiger partial charge in [0.1, 0.15) is 0 Å². The molecule has 1 aliphatic rings. The smallest absolute Gasteiger partial charge is 0.235 e. The number of carbonyl (C=O) groups is 1. The maximum absolute atomic E-state index is 11.1. The number of rotatable bonds is 3. The van der Waals surface area contributed by atoms with Gasteiger partial charge in [0, 0.05) is 4.91 Å². The molecule has 0 unspecified atom stereocenters. The number of nitrogens with two attached hydrogens (primary N) is 1. The van der Waals surface area contributed by atoms with Crippen molar-refractivity contribution in [2.45, 2.75) is 44.6 Å². The van der Waals surface area contributed by atoms with Crippen LogP contribution >= 0.6 is 0 Å². The number of nitrogens with zero attached hydrogens (tertiary/aromatic N) is 3. The summed E-state index contributed by atoms with van der Waals surface area (Å²) in [7, 11) is 0. The van der Waals surface area contributed by atoms with Crippen LogP contribution in [-0.4, -0.2) is 11.9 Å². The molecule has 1 atom stereocenters. The molecule has 0 heterocycles. The van der Waals surface area contributed by atoms with Gasteiger partial charge in [-0.3, -0.25) is 4.79 Å². The Labute approximate surface area is 83.3 Å². The molecule has 1 rings (SSSR count). The van der Waals surface area contributed by atoms with E-state index in [0.717, 1.165) is 12.8 Å². The van der Waals surface area contributed by atoms with Crippen LogP contribution in [0.3, 0.4) is 0 Å². The van der Waals surface area contributed by atoms with Crippen molar-refractivity contribution in [3.8, 4) is 0 Å². The third kappa shape index (κ3) is 3.36. The predicted molar refractivity (Wildman–Crippen MR) is 53.3 cm³/mol. The first-order valence-corrected chi connectivity index (χ1v) is 5.08. The average molecular weight is 196 g/mol. The molecular weight excluding hydrogens is 180 g/mol. The first-order valence-electron chi connectivity index (χ1n) is 5.08. The normalized spacial score (nSPS) is 19.8. The standard InChI is InChI=1S/C9H16N4O/c10-8(9(14)12-13-11)6-7-4-2-1-3-5-7/h7-8H,1-6,10H2/t8-/m0/s1. The Bertz CT molecular complexity index is 241. The lowest BCUT2D eigenvalue weighted by atomic mass is 9.85. The van der Waals surface area contributed by atoms with Gasteiger partial charge in [-0.2, -0.15) is 0 Å². The van der Waals surface area contributed by atoms with Crippen molar-refractivity contribution in [1.29, 1.82) is 0 Å². The van der Waals surface area contributed by atoms with E-state index in [9.17, 15) is 4.79 Å². The van der Waals surface area contributed by atoms with Crippen LogP contribution in [0.15, 0.2) is 5.11 Å². The SMILES string of the molecule is [N-]=[N+]=NC(=O)[C@@H](N)CC1CCCCC1. The highest BCUT2D eigenvalue weighted by Gasteiger charge is 2.20. The van der Waals surface area contributed by atoms with Crippen LogP contribution < -0.4 is 5.73 Å². The van der Waals surface area contributed by atoms with Crippen molar-refractivity contribution in [1.82, 2.24) is 0 Å². The van der Waals surface area contributed by atoms with E-state index < -0.39 is 11.9 Å². The molecule has 1 fully saturated rings. The summed E-state index contributed by atoms with van der Waals surface area (Å²) in [5.41, 5.74) is 13.7. The molecule has 0 aromatic carbocycles.